The van der Waals surface area contributed by atoms with Gasteiger partial charge in [0.2, 0.25) is 0 Å². The molecule has 0 N–H and O–H groups in total. The Kier molecular flexibility index (Phi) is 5.52. The zero-order valence-electron chi connectivity index (χ0n) is 23.6. The van der Waals surface area contributed by atoms with Gasteiger partial charge in [0.1, 0.15) is 8.07 Å². The van der Waals surface area contributed by atoms with Crippen molar-refractivity contribution in [2.75, 3.05) is 0 Å². The maximum Gasteiger partial charge on any atom is 0.103 e. The fourth-order valence-corrected chi connectivity index (χ4v) is 9.65. The molecule has 0 bridgehead atoms. The quantitative estimate of drug-likeness (QED) is 0.195. The van der Waals surface area contributed by atoms with E-state index < -0.39 is 8.07 Å². The fraction of sp³-hybridized carbons (Fsp3) is 0.100. The lowest BCUT2D eigenvalue weighted by Crippen LogP contribution is -2.32. The average Bonchev–Trinajstić information content (AvgIpc) is 3.66. The van der Waals surface area contributed by atoms with Crippen LogP contribution >= 0.6 is 0 Å². The number of hydrogen-bond donors (Lipinski definition) is 0. The van der Waals surface area contributed by atoms with E-state index in [1.54, 1.807) is 10.4 Å². The van der Waals surface area contributed by atoms with Crippen LogP contribution in [-0.2, 0) is 12.8 Å². The van der Waals surface area contributed by atoms with Gasteiger partial charge in [0.15, 0.2) is 0 Å². The summed E-state index contributed by atoms with van der Waals surface area (Å²) in [5.41, 5.74) is 11.1. The van der Waals surface area contributed by atoms with Gasteiger partial charge in [-0.3, -0.25) is 0 Å². The summed E-state index contributed by atoms with van der Waals surface area (Å²) < 4.78 is 0. The minimum absolute atomic E-state index is 1.07. The Balaban J connectivity index is 1.16. The maximum atomic E-state index is 2.56. The topological polar surface area (TPSA) is 0 Å². The van der Waals surface area contributed by atoms with Gasteiger partial charge in [-0.25, -0.2) is 0 Å². The first-order valence-corrected chi connectivity index (χ1v) is 17.7. The van der Waals surface area contributed by atoms with Gasteiger partial charge in [-0.05, 0) is 91.0 Å². The number of benzene rings is 6. The van der Waals surface area contributed by atoms with Crippen molar-refractivity contribution >= 4 is 41.8 Å². The number of fused-ring (bicyclic) bond motifs is 4. The molecule has 0 aromatic heterocycles. The lowest BCUT2D eigenvalue weighted by atomic mass is 9.95. The summed E-state index contributed by atoms with van der Waals surface area (Å²) in [5.74, 6) is 0. The van der Waals surface area contributed by atoms with Gasteiger partial charge in [-0.1, -0.05) is 145 Å². The van der Waals surface area contributed by atoms with E-state index in [0.717, 1.165) is 12.8 Å². The van der Waals surface area contributed by atoms with Gasteiger partial charge in [0.25, 0.3) is 0 Å². The van der Waals surface area contributed by atoms with Crippen molar-refractivity contribution in [2.45, 2.75) is 25.9 Å². The molecule has 0 unspecified atom stereocenters. The highest BCUT2D eigenvalue weighted by atomic mass is 28.3. The molecule has 8 rings (SSSR count). The van der Waals surface area contributed by atoms with E-state index in [1.807, 2.05) is 0 Å². The average molecular weight is 541 g/mol. The zero-order valence-corrected chi connectivity index (χ0v) is 24.6. The first-order valence-electron chi connectivity index (χ1n) is 14.7. The van der Waals surface area contributed by atoms with Crippen LogP contribution in [-0.4, -0.2) is 8.07 Å². The first kappa shape index (κ1) is 24.3. The van der Waals surface area contributed by atoms with Crippen molar-refractivity contribution in [3.63, 3.8) is 0 Å². The van der Waals surface area contributed by atoms with E-state index in [2.05, 4.69) is 147 Å². The van der Waals surface area contributed by atoms with Gasteiger partial charge in [0, 0.05) is 0 Å². The van der Waals surface area contributed by atoms with Crippen molar-refractivity contribution in [3.05, 3.63) is 154 Å². The van der Waals surface area contributed by atoms with Crippen LogP contribution in [0.1, 0.15) is 22.3 Å². The monoisotopic (exact) mass is 540 g/mol. The molecule has 0 saturated heterocycles. The van der Waals surface area contributed by atoms with E-state index in [4.69, 9.17) is 0 Å². The van der Waals surface area contributed by atoms with Crippen molar-refractivity contribution in [1.82, 2.24) is 0 Å². The van der Waals surface area contributed by atoms with Gasteiger partial charge in [-0.15, -0.1) is 0 Å². The second kappa shape index (κ2) is 9.29. The zero-order chi connectivity index (χ0) is 27.6. The molecule has 0 spiro atoms. The summed E-state index contributed by atoms with van der Waals surface area (Å²) in [6.07, 6.45) is 7.25. The molecule has 0 amide bonds. The molecule has 0 atom stereocenters. The SMILES string of the molecule is C[Si](C)(C1=Cc2c(cccc2-c2ccc3ccccc3c2)C1)C1=Cc2c(cccc2-c2ccc3ccccc3c2)C1. The lowest BCUT2D eigenvalue weighted by molar-refractivity contribution is 1.22. The largest absolute Gasteiger partial charge is 0.103 e. The minimum Gasteiger partial charge on any atom is -0.0714 e. The molecule has 2 aliphatic carbocycles. The van der Waals surface area contributed by atoms with Crippen molar-refractivity contribution in [1.29, 1.82) is 0 Å². The van der Waals surface area contributed by atoms with Crippen molar-refractivity contribution in [3.8, 4) is 22.3 Å². The highest BCUT2D eigenvalue weighted by molar-refractivity contribution is 6.92. The summed E-state index contributed by atoms with van der Waals surface area (Å²) in [4.78, 5) is 0. The third-order valence-corrected chi connectivity index (χ3v) is 13.4. The first-order chi connectivity index (χ1) is 20.0. The summed E-state index contributed by atoms with van der Waals surface area (Å²) in [6, 6.07) is 44.9. The van der Waals surface area contributed by atoms with Crippen molar-refractivity contribution in [2.24, 2.45) is 0 Å². The highest BCUT2D eigenvalue weighted by Gasteiger charge is 2.36. The molecule has 0 fully saturated rings. The van der Waals surface area contributed by atoms with Crippen LogP contribution in [0.2, 0.25) is 13.1 Å². The maximum absolute atomic E-state index is 2.56. The highest BCUT2D eigenvalue weighted by Crippen LogP contribution is 2.44. The molecule has 41 heavy (non-hydrogen) atoms. The van der Waals surface area contributed by atoms with Crippen LogP contribution in [0.4, 0.5) is 0 Å². The molecular formula is C40H32Si. The van der Waals surface area contributed by atoms with Crippen LogP contribution in [0.3, 0.4) is 0 Å². The third kappa shape index (κ3) is 4.03. The Bertz CT molecular complexity index is 1920. The standard InChI is InChI=1S/C40H32Si/c1-41(2,35-23-31-13-7-15-37(39(31)25-35)33-19-17-27-9-3-5-11-29(27)21-33)36-24-32-14-8-16-38(40(32)26-36)34-20-18-28-10-4-6-12-30(28)22-34/h3-22,25-26H,23-24H2,1-2H3. The van der Waals surface area contributed by atoms with E-state index in [-0.39, 0.29) is 0 Å². The second-order valence-electron chi connectivity index (χ2n) is 12.2. The van der Waals surface area contributed by atoms with Gasteiger partial charge < -0.3 is 0 Å². The summed E-state index contributed by atoms with van der Waals surface area (Å²) >= 11 is 0. The predicted molar refractivity (Wildman–Crippen MR) is 180 cm³/mol. The van der Waals surface area contributed by atoms with Crippen LogP contribution in [0.15, 0.2) is 132 Å². The third-order valence-electron chi connectivity index (χ3n) is 9.52. The Morgan fingerprint density at radius 2 is 0.878 bits per heavy atom. The normalized spacial score (nSPS) is 14.2. The summed E-state index contributed by atoms with van der Waals surface area (Å²) in [5, 5.41) is 8.49. The Hall–Kier alpha value is -4.46. The van der Waals surface area contributed by atoms with Gasteiger partial charge in [-0.2, -0.15) is 0 Å². The lowest BCUT2D eigenvalue weighted by Gasteiger charge is -2.26. The fourth-order valence-electron chi connectivity index (χ4n) is 6.96. The molecule has 196 valence electrons. The molecule has 0 nitrogen and oxygen atoms in total. The molecule has 6 aromatic carbocycles. The number of rotatable bonds is 4. The van der Waals surface area contributed by atoms with Gasteiger partial charge >= 0.3 is 0 Å². The smallest absolute Gasteiger partial charge is 0.0714 e. The van der Waals surface area contributed by atoms with E-state index in [0.29, 0.717) is 0 Å². The van der Waals surface area contributed by atoms with Crippen LogP contribution in [0.5, 0.6) is 0 Å². The molecule has 0 saturated carbocycles. The Labute approximate surface area is 243 Å². The van der Waals surface area contributed by atoms with Crippen LogP contribution in [0, 0.1) is 0 Å². The summed E-state index contributed by atoms with van der Waals surface area (Å²) in [7, 11) is -1.85. The van der Waals surface area contributed by atoms with E-state index in [1.165, 1.54) is 66.1 Å². The second-order valence-corrected chi connectivity index (χ2v) is 16.7. The van der Waals surface area contributed by atoms with E-state index in [9.17, 15) is 0 Å². The molecule has 0 heterocycles. The molecule has 0 aliphatic heterocycles. The minimum atomic E-state index is -1.85. The van der Waals surface area contributed by atoms with E-state index >= 15 is 0 Å². The Morgan fingerprint density at radius 1 is 0.439 bits per heavy atom. The molecular weight excluding hydrogens is 509 g/mol. The molecule has 1 heteroatoms. The number of allylic oxidation sites excluding steroid dienone is 2. The van der Waals surface area contributed by atoms with Crippen molar-refractivity contribution < 1.29 is 0 Å². The summed E-state index contributed by atoms with van der Waals surface area (Å²) in [6.45, 7) is 5.13. The predicted octanol–water partition coefficient (Wildman–Crippen LogP) is 10.7. The molecule has 2 aliphatic rings. The number of hydrogen-bond acceptors (Lipinski definition) is 0. The van der Waals surface area contributed by atoms with Crippen LogP contribution < -0.4 is 0 Å². The Morgan fingerprint density at radius 3 is 1.34 bits per heavy atom. The molecule has 0 radical (unpaired) electrons. The van der Waals surface area contributed by atoms with Crippen LogP contribution in [0.25, 0.3) is 56.0 Å². The molecule has 6 aromatic rings. The van der Waals surface area contributed by atoms with Gasteiger partial charge in [0.05, 0.1) is 0 Å².